The number of amides is 1. The zero-order valence-electron chi connectivity index (χ0n) is 13.7. The summed E-state index contributed by atoms with van der Waals surface area (Å²) in [4.78, 5) is 26.5. The summed E-state index contributed by atoms with van der Waals surface area (Å²) in [6, 6.07) is 14.6. The Kier molecular flexibility index (Phi) is 3.05. The summed E-state index contributed by atoms with van der Waals surface area (Å²) in [5.74, 6) is 0.657. The van der Waals surface area contributed by atoms with Crippen LogP contribution in [-0.4, -0.2) is 26.0 Å². The van der Waals surface area contributed by atoms with E-state index in [2.05, 4.69) is 15.0 Å². The summed E-state index contributed by atoms with van der Waals surface area (Å²) in [6.07, 6.45) is 3.74. The average molecular weight is 342 g/mol. The number of aromatic nitrogens is 3. The molecule has 0 unspecified atom stereocenters. The van der Waals surface area contributed by atoms with Crippen molar-refractivity contribution in [3.8, 4) is 17.0 Å². The zero-order chi connectivity index (χ0) is 17.7. The number of aromatic hydroxyl groups is 1. The number of carbonyl (C=O) groups is 1. The van der Waals surface area contributed by atoms with Crippen LogP contribution in [0.4, 0.5) is 11.5 Å². The van der Waals surface area contributed by atoms with E-state index in [1.165, 1.54) is 0 Å². The summed E-state index contributed by atoms with van der Waals surface area (Å²) in [5, 5.41) is 10.7. The highest BCUT2D eigenvalue weighted by Gasteiger charge is 2.32. The first kappa shape index (κ1) is 14.7. The molecule has 2 N–H and O–H groups in total. The van der Waals surface area contributed by atoms with E-state index in [1.54, 1.807) is 29.3 Å². The van der Waals surface area contributed by atoms with Gasteiger partial charge in [-0.3, -0.25) is 14.7 Å². The molecule has 2 aromatic carbocycles. The van der Waals surface area contributed by atoms with Gasteiger partial charge in [0, 0.05) is 22.7 Å². The standard InChI is InChI=1S/C20H14N4O2/c25-15-3-1-2-12(9-15)18-11-22-17-10-19(26)24(20(17)23-18)14-4-5-16-13(8-14)6-7-21-16/h1-9,11,21,25H,10H2. The van der Waals surface area contributed by atoms with E-state index in [0.29, 0.717) is 17.2 Å². The second-order valence-electron chi connectivity index (χ2n) is 6.23. The molecule has 0 radical (unpaired) electrons. The zero-order valence-corrected chi connectivity index (χ0v) is 13.7. The molecule has 0 spiro atoms. The second-order valence-corrected chi connectivity index (χ2v) is 6.23. The molecule has 0 bridgehead atoms. The van der Waals surface area contributed by atoms with Crippen LogP contribution in [-0.2, 0) is 11.2 Å². The smallest absolute Gasteiger partial charge is 0.238 e. The summed E-state index contributed by atoms with van der Waals surface area (Å²) < 4.78 is 0. The number of rotatable bonds is 2. The fourth-order valence-electron chi connectivity index (χ4n) is 3.30. The van der Waals surface area contributed by atoms with Crippen molar-refractivity contribution >= 4 is 28.3 Å². The summed E-state index contributed by atoms with van der Waals surface area (Å²) in [6.45, 7) is 0. The van der Waals surface area contributed by atoms with Gasteiger partial charge in [0.05, 0.1) is 29.7 Å². The molecule has 5 rings (SSSR count). The van der Waals surface area contributed by atoms with Crippen molar-refractivity contribution < 1.29 is 9.90 Å². The second kappa shape index (κ2) is 5.42. The number of fused-ring (bicyclic) bond motifs is 2. The van der Waals surface area contributed by atoms with Crippen LogP contribution in [0.15, 0.2) is 60.9 Å². The molecular formula is C20H14N4O2. The summed E-state index contributed by atoms with van der Waals surface area (Å²) >= 11 is 0. The van der Waals surface area contributed by atoms with Crippen molar-refractivity contribution in [2.75, 3.05) is 4.90 Å². The fraction of sp³-hybridized carbons (Fsp3) is 0.0500. The van der Waals surface area contributed by atoms with Crippen LogP contribution in [0.1, 0.15) is 5.69 Å². The number of benzene rings is 2. The number of aromatic amines is 1. The van der Waals surface area contributed by atoms with Gasteiger partial charge < -0.3 is 10.1 Å². The minimum absolute atomic E-state index is 0.0528. The van der Waals surface area contributed by atoms with E-state index in [-0.39, 0.29) is 18.1 Å². The third-order valence-corrected chi connectivity index (χ3v) is 4.54. The maximum atomic E-state index is 12.6. The van der Waals surface area contributed by atoms with Gasteiger partial charge >= 0.3 is 0 Å². The molecule has 2 aromatic heterocycles. The highest BCUT2D eigenvalue weighted by molar-refractivity contribution is 6.07. The van der Waals surface area contributed by atoms with Crippen LogP contribution in [0.25, 0.3) is 22.2 Å². The van der Waals surface area contributed by atoms with E-state index in [1.807, 2.05) is 36.5 Å². The van der Waals surface area contributed by atoms with Crippen LogP contribution < -0.4 is 4.90 Å². The largest absolute Gasteiger partial charge is 0.508 e. The van der Waals surface area contributed by atoms with Crippen LogP contribution in [0.2, 0.25) is 0 Å². The molecule has 1 amide bonds. The van der Waals surface area contributed by atoms with Crippen molar-refractivity contribution in [3.05, 3.63) is 66.6 Å². The van der Waals surface area contributed by atoms with Crippen LogP contribution in [0.3, 0.4) is 0 Å². The predicted octanol–water partition coefficient (Wildman–Crippen LogP) is 3.55. The Hall–Kier alpha value is -3.67. The van der Waals surface area contributed by atoms with Gasteiger partial charge in [-0.2, -0.15) is 0 Å². The van der Waals surface area contributed by atoms with E-state index in [0.717, 1.165) is 22.2 Å². The van der Waals surface area contributed by atoms with Gasteiger partial charge in [-0.1, -0.05) is 12.1 Å². The lowest BCUT2D eigenvalue weighted by Crippen LogP contribution is -2.21. The maximum Gasteiger partial charge on any atom is 0.238 e. The Morgan fingerprint density at radius 2 is 2.04 bits per heavy atom. The molecule has 4 aromatic rings. The number of hydrogen-bond acceptors (Lipinski definition) is 4. The van der Waals surface area contributed by atoms with Gasteiger partial charge in [0.1, 0.15) is 5.75 Å². The molecule has 1 aliphatic rings. The first-order chi connectivity index (χ1) is 12.7. The molecule has 1 aliphatic heterocycles. The molecule has 6 nitrogen and oxygen atoms in total. The Labute approximate surface area is 148 Å². The molecule has 3 heterocycles. The highest BCUT2D eigenvalue weighted by atomic mass is 16.3. The summed E-state index contributed by atoms with van der Waals surface area (Å²) in [5.41, 5.74) is 3.80. The highest BCUT2D eigenvalue weighted by Crippen LogP contribution is 2.35. The lowest BCUT2D eigenvalue weighted by atomic mass is 10.1. The Morgan fingerprint density at radius 3 is 2.92 bits per heavy atom. The first-order valence-electron chi connectivity index (χ1n) is 8.24. The Bertz CT molecular complexity index is 1170. The number of nitrogens with one attached hydrogen (secondary N) is 1. The van der Waals surface area contributed by atoms with Crippen LogP contribution >= 0.6 is 0 Å². The molecule has 6 heteroatoms. The SMILES string of the molecule is O=C1Cc2ncc(-c3cccc(O)c3)nc2N1c1ccc2[nH]ccc2c1. The number of H-pyrrole nitrogens is 1. The number of hydrogen-bond donors (Lipinski definition) is 2. The van der Waals surface area contributed by atoms with Crippen molar-refractivity contribution in [2.24, 2.45) is 0 Å². The Balaban J connectivity index is 1.63. The lowest BCUT2D eigenvalue weighted by Gasteiger charge is -2.17. The quantitative estimate of drug-likeness (QED) is 0.584. The molecule has 126 valence electrons. The van der Waals surface area contributed by atoms with E-state index in [9.17, 15) is 9.90 Å². The topological polar surface area (TPSA) is 82.1 Å². The molecule has 0 aliphatic carbocycles. The van der Waals surface area contributed by atoms with E-state index >= 15 is 0 Å². The fourth-order valence-corrected chi connectivity index (χ4v) is 3.30. The van der Waals surface area contributed by atoms with Gasteiger partial charge in [-0.05, 0) is 36.4 Å². The van der Waals surface area contributed by atoms with Gasteiger partial charge in [0.25, 0.3) is 0 Å². The number of anilines is 2. The number of phenols is 1. The maximum absolute atomic E-state index is 12.6. The van der Waals surface area contributed by atoms with Crippen molar-refractivity contribution in [1.82, 2.24) is 15.0 Å². The number of phenolic OH excluding ortho intramolecular Hbond substituents is 1. The Morgan fingerprint density at radius 1 is 1.12 bits per heavy atom. The third kappa shape index (κ3) is 2.23. The van der Waals surface area contributed by atoms with Crippen LogP contribution in [0.5, 0.6) is 5.75 Å². The van der Waals surface area contributed by atoms with Gasteiger partial charge in [0.15, 0.2) is 5.82 Å². The first-order valence-corrected chi connectivity index (χ1v) is 8.24. The van der Waals surface area contributed by atoms with Gasteiger partial charge in [-0.25, -0.2) is 4.98 Å². The van der Waals surface area contributed by atoms with Crippen LogP contribution in [0, 0.1) is 0 Å². The molecule has 26 heavy (non-hydrogen) atoms. The van der Waals surface area contributed by atoms with Gasteiger partial charge in [0.2, 0.25) is 5.91 Å². The summed E-state index contributed by atoms with van der Waals surface area (Å²) in [7, 11) is 0. The van der Waals surface area contributed by atoms with E-state index in [4.69, 9.17) is 0 Å². The molecule has 0 fully saturated rings. The molecule has 0 saturated heterocycles. The molecule has 0 saturated carbocycles. The van der Waals surface area contributed by atoms with E-state index < -0.39 is 0 Å². The minimum atomic E-state index is -0.0528. The monoisotopic (exact) mass is 342 g/mol. The van der Waals surface area contributed by atoms with Crippen molar-refractivity contribution in [2.45, 2.75) is 6.42 Å². The predicted molar refractivity (Wildman–Crippen MR) is 98.3 cm³/mol. The third-order valence-electron chi connectivity index (χ3n) is 4.54. The average Bonchev–Trinajstić information content (AvgIpc) is 3.23. The van der Waals surface area contributed by atoms with Crippen molar-refractivity contribution in [1.29, 1.82) is 0 Å². The lowest BCUT2D eigenvalue weighted by molar-refractivity contribution is -0.116. The molecular weight excluding hydrogens is 328 g/mol. The number of nitrogens with zero attached hydrogens (tertiary/aromatic N) is 3. The molecule has 0 atom stereocenters. The number of carbonyl (C=O) groups excluding carboxylic acids is 1. The van der Waals surface area contributed by atoms with Gasteiger partial charge in [-0.15, -0.1) is 0 Å². The normalized spacial score (nSPS) is 13.4. The van der Waals surface area contributed by atoms with Crippen molar-refractivity contribution in [3.63, 3.8) is 0 Å². The minimum Gasteiger partial charge on any atom is -0.508 e.